The third-order valence-electron chi connectivity index (χ3n) is 4.00. The van der Waals surface area contributed by atoms with Crippen LogP contribution in [-0.2, 0) is 6.42 Å². The molecule has 1 aromatic heterocycles. The number of benzene rings is 2. The van der Waals surface area contributed by atoms with Gasteiger partial charge in [0.15, 0.2) is 0 Å². The van der Waals surface area contributed by atoms with E-state index < -0.39 is 0 Å². The maximum absolute atomic E-state index is 12.8. The number of thioether (sulfide) groups is 1. The zero-order chi connectivity index (χ0) is 17.5. The van der Waals surface area contributed by atoms with E-state index in [9.17, 15) is 4.79 Å². The number of hydrogen-bond donors (Lipinski definition) is 1. The predicted molar refractivity (Wildman–Crippen MR) is 103 cm³/mol. The third kappa shape index (κ3) is 4.48. The predicted octanol–water partition coefficient (Wildman–Crippen LogP) is 4.52. The molecule has 126 valence electrons. The lowest BCUT2D eigenvalue weighted by molar-refractivity contribution is 0.0933. The summed E-state index contributed by atoms with van der Waals surface area (Å²) in [6.07, 6.45) is 4.38. The average Bonchev–Trinajstić information content (AvgIpc) is 2.69. The van der Waals surface area contributed by atoms with Crippen molar-refractivity contribution in [1.29, 1.82) is 0 Å². The molecular weight excluding hydrogens is 328 g/mol. The van der Waals surface area contributed by atoms with Crippen LogP contribution in [0.3, 0.4) is 0 Å². The lowest BCUT2D eigenvalue weighted by Gasteiger charge is -2.20. The second kappa shape index (κ2) is 8.49. The van der Waals surface area contributed by atoms with E-state index in [4.69, 9.17) is 0 Å². The van der Waals surface area contributed by atoms with Crippen molar-refractivity contribution in [3.63, 3.8) is 0 Å². The van der Waals surface area contributed by atoms with E-state index in [1.807, 2.05) is 60.9 Å². The van der Waals surface area contributed by atoms with Gasteiger partial charge < -0.3 is 5.32 Å². The number of rotatable bonds is 6. The zero-order valence-electron chi connectivity index (χ0n) is 14.1. The Balaban J connectivity index is 1.86. The molecule has 0 aliphatic heterocycles. The summed E-state index contributed by atoms with van der Waals surface area (Å²) in [4.78, 5) is 17.1. The highest BCUT2D eigenvalue weighted by Crippen LogP contribution is 2.21. The summed E-state index contributed by atoms with van der Waals surface area (Å²) in [6.45, 7) is 0. The summed E-state index contributed by atoms with van der Waals surface area (Å²) < 4.78 is 0. The number of hydrogen-bond acceptors (Lipinski definition) is 3. The van der Waals surface area contributed by atoms with Crippen molar-refractivity contribution in [1.82, 2.24) is 10.3 Å². The SMILES string of the molecule is CSc1ncccc1C(=O)NC(Cc1ccccc1)c1ccccc1. The molecule has 1 heterocycles. The van der Waals surface area contributed by atoms with Gasteiger partial charge in [-0.25, -0.2) is 4.98 Å². The minimum absolute atomic E-state index is 0.0917. The first-order valence-electron chi connectivity index (χ1n) is 8.16. The maximum Gasteiger partial charge on any atom is 0.254 e. The Bertz CT molecular complexity index is 822. The van der Waals surface area contributed by atoms with E-state index in [0.717, 1.165) is 17.0 Å². The molecule has 25 heavy (non-hydrogen) atoms. The molecule has 1 unspecified atom stereocenters. The molecule has 0 aliphatic carbocycles. The van der Waals surface area contributed by atoms with E-state index in [2.05, 4.69) is 22.4 Å². The molecule has 0 bridgehead atoms. The van der Waals surface area contributed by atoms with Gasteiger partial charge in [0.25, 0.3) is 5.91 Å². The molecule has 0 fully saturated rings. The van der Waals surface area contributed by atoms with Gasteiger partial charge in [-0.3, -0.25) is 4.79 Å². The van der Waals surface area contributed by atoms with Crippen molar-refractivity contribution in [3.05, 3.63) is 95.7 Å². The van der Waals surface area contributed by atoms with Crippen molar-refractivity contribution in [2.75, 3.05) is 6.26 Å². The number of carbonyl (C=O) groups is 1. The molecule has 0 radical (unpaired) electrons. The Morgan fingerprint density at radius 1 is 1.00 bits per heavy atom. The van der Waals surface area contributed by atoms with Crippen LogP contribution in [0.25, 0.3) is 0 Å². The molecule has 0 saturated heterocycles. The molecule has 3 rings (SSSR count). The van der Waals surface area contributed by atoms with Crippen LogP contribution in [0.2, 0.25) is 0 Å². The molecule has 0 aliphatic rings. The van der Waals surface area contributed by atoms with E-state index in [1.165, 1.54) is 17.3 Å². The Hall–Kier alpha value is -2.59. The van der Waals surface area contributed by atoms with Gasteiger partial charge in [-0.2, -0.15) is 0 Å². The second-order valence-electron chi connectivity index (χ2n) is 5.69. The Labute approximate surface area is 152 Å². The van der Waals surface area contributed by atoms with Gasteiger partial charge in [0.2, 0.25) is 0 Å². The van der Waals surface area contributed by atoms with Crippen LogP contribution in [0, 0.1) is 0 Å². The van der Waals surface area contributed by atoms with Crippen LogP contribution < -0.4 is 5.32 Å². The Morgan fingerprint density at radius 3 is 2.36 bits per heavy atom. The van der Waals surface area contributed by atoms with E-state index in [1.54, 1.807) is 12.3 Å². The van der Waals surface area contributed by atoms with Gasteiger partial charge in [0.1, 0.15) is 5.03 Å². The fourth-order valence-corrected chi connectivity index (χ4v) is 3.30. The fourth-order valence-electron chi connectivity index (χ4n) is 2.75. The van der Waals surface area contributed by atoms with E-state index in [-0.39, 0.29) is 11.9 Å². The topological polar surface area (TPSA) is 42.0 Å². The van der Waals surface area contributed by atoms with Crippen molar-refractivity contribution in [2.24, 2.45) is 0 Å². The smallest absolute Gasteiger partial charge is 0.254 e. The Kier molecular flexibility index (Phi) is 5.86. The highest BCUT2D eigenvalue weighted by Gasteiger charge is 2.18. The number of aromatic nitrogens is 1. The van der Waals surface area contributed by atoms with Crippen LogP contribution in [0.1, 0.15) is 27.5 Å². The molecule has 3 nitrogen and oxygen atoms in total. The molecule has 0 saturated carbocycles. The van der Waals surface area contributed by atoms with Gasteiger partial charge in [-0.05, 0) is 35.9 Å². The molecule has 1 N–H and O–H groups in total. The zero-order valence-corrected chi connectivity index (χ0v) is 14.9. The minimum Gasteiger partial charge on any atom is -0.345 e. The third-order valence-corrected chi connectivity index (χ3v) is 4.71. The molecule has 1 atom stereocenters. The number of nitrogens with one attached hydrogen (secondary N) is 1. The highest BCUT2D eigenvalue weighted by atomic mass is 32.2. The largest absolute Gasteiger partial charge is 0.345 e. The summed E-state index contributed by atoms with van der Waals surface area (Å²) in [6, 6.07) is 23.8. The van der Waals surface area contributed by atoms with Crippen molar-refractivity contribution in [3.8, 4) is 0 Å². The summed E-state index contributed by atoms with van der Waals surface area (Å²) >= 11 is 1.48. The van der Waals surface area contributed by atoms with Crippen molar-refractivity contribution >= 4 is 17.7 Å². The van der Waals surface area contributed by atoms with Crippen LogP contribution in [0.5, 0.6) is 0 Å². The standard InChI is InChI=1S/C21H20N2OS/c1-25-21-18(13-8-14-22-21)20(24)23-19(17-11-6-3-7-12-17)15-16-9-4-2-5-10-16/h2-14,19H,15H2,1H3,(H,23,24). The number of pyridine rings is 1. The second-order valence-corrected chi connectivity index (χ2v) is 6.48. The van der Waals surface area contributed by atoms with Gasteiger partial charge >= 0.3 is 0 Å². The van der Waals surface area contributed by atoms with Crippen LogP contribution in [0.4, 0.5) is 0 Å². The summed E-state index contributed by atoms with van der Waals surface area (Å²) in [5.74, 6) is -0.0952. The highest BCUT2D eigenvalue weighted by molar-refractivity contribution is 7.98. The number of carbonyl (C=O) groups excluding carboxylic acids is 1. The first-order valence-corrected chi connectivity index (χ1v) is 9.39. The van der Waals surface area contributed by atoms with E-state index >= 15 is 0 Å². The maximum atomic E-state index is 12.8. The quantitative estimate of drug-likeness (QED) is 0.666. The number of nitrogens with zero attached hydrogens (tertiary/aromatic N) is 1. The first-order chi connectivity index (χ1) is 12.3. The fraction of sp³-hybridized carbons (Fsp3) is 0.143. The van der Waals surface area contributed by atoms with Crippen molar-refractivity contribution < 1.29 is 4.79 Å². The van der Waals surface area contributed by atoms with Crippen LogP contribution >= 0.6 is 11.8 Å². The monoisotopic (exact) mass is 348 g/mol. The van der Waals surface area contributed by atoms with E-state index in [0.29, 0.717) is 5.56 Å². The molecule has 0 spiro atoms. The average molecular weight is 348 g/mol. The van der Waals surface area contributed by atoms with Crippen LogP contribution in [0.15, 0.2) is 84.0 Å². The summed E-state index contributed by atoms with van der Waals surface area (Å²) in [7, 11) is 0. The van der Waals surface area contributed by atoms with Gasteiger partial charge in [0, 0.05) is 6.20 Å². The van der Waals surface area contributed by atoms with Crippen LogP contribution in [-0.4, -0.2) is 17.1 Å². The normalized spacial score (nSPS) is 11.7. The van der Waals surface area contributed by atoms with Gasteiger partial charge in [-0.15, -0.1) is 11.8 Å². The van der Waals surface area contributed by atoms with Gasteiger partial charge in [0.05, 0.1) is 11.6 Å². The molecule has 4 heteroatoms. The molecule has 3 aromatic rings. The number of amides is 1. The lowest BCUT2D eigenvalue weighted by Crippen LogP contribution is -2.30. The lowest BCUT2D eigenvalue weighted by atomic mass is 9.98. The summed E-state index contributed by atoms with van der Waals surface area (Å²) in [5.41, 5.74) is 2.89. The summed E-state index contributed by atoms with van der Waals surface area (Å²) in [5, 5.41) is 3.92. The molecular formula is C21H20N2OS. The molecule has 1 amide bonds. The first kappa shape index (κ1) is 17.2. The molecule has 2 aromatic carbocycles. The Morgan fingerprint density at radius 2 is 1.68 bits per heavy atom. The van der Waals surface area contributed by atoms with Gasteiger partial charge in [-0.1, -0.05) is 60.7 Å². The van der Waals surface area contributed by atoms with Crippen molar-refractivity contribution in [2.45, 2.75) is 17.5 Å². The minimum atomic E-state index is -0.0952.